The molecule has 22 heavy (non-hydrogen) atoms. The van der Waals surface area contributed by atoms with Crippen molar-refractivity contribution in [3.05, 3.63) is 11.8 Å². The van der Waals surface area contributed by atoms with Crippen LogP contribution >= 0.6 is 7.82 Å². The first-order valence-electron chi connectivity index (χ1n) is 7.13. The van der Waals surface area contributed by atoms with E-state index in [2.05, 4.69) is 22.0 Å². The Morgan fingerprint density at radius 2 is 1.73 bits per heavy atom. The zero-order chi connectivity index (χ0) is 16.8. The van der Waals surface area contributed by atoms with E-state index in [4.69, 9.17) is 29.0 Å². The van der Waals surface area contributed by atoms with E-state index in [-0.39, 0.29) is 6.10 Å². The summed E-state index contributed by atoms with van der Waals surface area (Å²) in [5, 5.41) is 13.2. The second-order valence-corrected chi connectivity index (χ2v) is 5.69. The molecule has 0 spiro atoms. The maximum absolute atomic E-state index is 8.88. The van der Waals surface area contributed by atoms with Gasteiger partial charge in [-0.15, -0.1) is 0 Å². The predicted octanol–water partition coefficient (Wildman–Crippen LogP) is 2.84. The first-order valence-corrected chi connectivity index (χ1v) is 8.70. The van der Waals surface area contributed by atoms with Crippen LogP contribution in [0.15, 0.2) is 11.8 Å². The van der Waals surface area contributed by atoms with E-state index in [0.717, 1.165) is 25.7 Å². The van der Waals surface area contributed by atoms with E-state index in [9.17, 15) is 0 Å². The highest BCUT2D eigenvalue weighted by Crippen LogP contribution is 2.25. The zero-order valence-corrected chi connectivity index (χ0v) is 13.7. The molecule has 0 bridgehead atoms. The third kappa shape index (κ3) is 15.9. The van der Waals surface area contributed by atoms with Crippen molar-refractivity contribution in [2.45, 2.75) is 64.9 Å². The maximum Gasteiger partial charge on any atom is 0.466 e. The van der Waals surface area contributed by atoms with E-state index in [1.807, 2.05) is 13.0 Å². The van der Waals surface area contributed by atoms with Crippen molar-refractivity contribution in [3.63, 3.8) is 0 Å². The van der Waals surface area contributed by atoms with Crippen LogP contribution in [0.5, 0.6) is 0 Å². The van der Waals surface area contributed by atoms with Gasteiger partial charge in [-0.3, -0.25) is 0 Å². The minimum atomic E-state index is -4.64. The van der Waals surface area contributed by atoms with Crippen LogP contribution in [0.2, 0.25) is 0 Å². The molecule has 0 aromatic carbocycles. The van der Waals surface area contributed by atoms with Gasteiger partial charge in [0.15, 0.2) is 0 Å². The van der Waals surface area contributed by atoms with Gasteiger partial charge in [-0.25, -0.2) is 9.45 Å². The largest absolute Gasteiger partial charge is 0.466 e. The van der Waals surface area contributed by atoms with Crippen molar-refractivity contribution in [3.8, 4) is 0 Å². The Kier molecular flexibility index (Phi) is 12.7. The summed E-state index contributed by atoms with van der Waals surface area (Å²) >= 11 is 0. The fourth-order valence-corrected chi connectivity index (χ4v) is 1.78. The van der Waals surface area contributed by atoms with Crippen LogP contribution in [-0.4, -0.2) is 20.8 Å². The minimum absolute atomic E-state index is 0.101. The summed E-state index contributed by atoms with van der Waals surface area (Å²) in [7, 11) is -4.64. The summed E-state index contributed by atoms with van der Waals surface area (Å²) in [6.07, 6.45) is 9.29. The molecule has 0 amide bonds. The van der Waals surface area contributed by atoms with E-state index in [1.165, 1.54) is 19.3 Å². The van der Waals surface area contributed by atoms with E-state index >= 15 is 0 Å². The van der Waals surface area contributed by atoms with Gasteiger partial charge >= 0.3 is 7.82 Å². The van der Waals surface area contributed by atoms with Crippen LogP contribution in [0.1, 0.15) is 58.8 Å². The fourth-order valence-electron chi connectivity index (χ4n) is 1.78. The summed E-state index contributed by atoms with van der Waals surface area (Å²) in [5.74, 6) is 0.703. The second-order valence-electron chi connectivity index (χ2n) is 4.66. The van der Waals surface area contributed by atoms with Crippen molar-refractivity contribution in [1.29, 1.82) is 0 Å². The van der Waals surface area contributed by atoms with Gasteiger partial charge in [0, 0.05) is 16.5 Å². The number of rotatable bonds is 8. The molecule has 0 aromatic heterocycles. The van der Waals surface area contributed by atoms with Crippen molar-refractivity contribution in [1.82, 2.24) is 0 Å². The molecule has 10 heteroatoms. The predicted molar refractivity (Wildman–Crippen MR) is 75.2 cm³/mol. The molecule has 9 nitrogen and oxygen atoms in total. The van der Waals surface area contributed by atoms with Gasteiger partial charge in [-0.1, -0.05) is 26.2 Å². The Morgan fingerprint density at radius 1 is 1.14 bits per heavy atom. The fraction of sp³-hybridized carbons (Fsp3) is 0.833. The molecule has 0 saturated heterocycles. The summed E-state index contributed by atoms with van der Waals surface area (Å²) in [5.41, 5.74) is 0. The molecule has 1 rings (SSSR count). The first-order chi connectivity index (χ1) is 10.4. The van der Waals surface area contributed by atoms with Gasteiger partial charge in [0.05, 0.1) is 6.10 Å². The molecule has 0 atom stereocenters. The number of hydrogen-bond acceptors (Lipinski definition) is 6. The Bertz CT molecular complexity index is 327. The van der Waals surface area contributed by atoms with Crippen molar-refractivity contribution >= 4 is 7.82 Å². The third-order valence-electron chi connectivity index (χ3n) is 2.74. The van der Waals surface area contributed by atoms with Crippen molar-refractivity contribution in [2.75, 3.05) is 0 Å². The lowest BCUT2D eigenvalue weighted by molar-refractivity contribution is -0.708. The lowest BCUT2D eigenvalue weighted by atomic mass is 9.98. The quantitative estimate of drug-likeness (QED) is 0.200. The molecule has 1 aliphatic carbocycles. The summed E-state index contributed by atoms with van der Waals surface area (Å²) < 4.78 is 8.88. The standard InChI is InChI=1S/C12H22O5.H3O4P/c1-3-8-11(4-2)13-15-17-16-14-12-9-6-5-7-10-12;1-5(2,3)4/h4,12H,3,5-10H2,1-2H3;(H3,1,2,3,4). The summed E-state index contributed by atoms with van der Waals surface area (Å²) in [6.45, 7) is 3.92. The van der Waals surface area contributed by atoms with Gasteiger partial charge in [0.1, 0.15) is 5.76 Å². The number of phosphoric acid groups is 1. The average molecular weight is 344 g/mol. The van der Waals surface area contributed by atoms with Crippen molar-refractivity contribution < 1.29 is 44.1 Å². The Morgan fingerprint density at radius 3 is 2.23 bits per heavy atom. The smallest absolute Gasteiger partial charge is 0.311 e. The Hall–Kier alpha value is -0.510. The van der Waals surface area contributed by atoms with Crippen LogP contribution in [0, 0.1) is 0 Å². The Labute approximate surface area is 129 Å². The van der Waals surface area contributed by atoms with Gasteiger partial charge in [-0.2, -0.15) is 0 Å². The molecule has 0 radical (unpaired) electrons. The van der Waals surface area contributed by atoms with Crippen LogP contribution < -0.4 is 0 Å². The normalized spacial score (nSPS) is 16.9. The van der Waals surface area contributed by atoms with E-state index in [1.54, 1.807) is 0 Å². The molecule has 1 fully saturated rings. The van der Waals surface area contributed by atoms with Crippen LogP contribution in [-0.2, 0) is 29.5 Å². The topological polar surface area (TPSA) is 124 Å². The highest BCUT2D eigenvalue weighted by Gasteiger charge is 2.15. The van der Waals surface area contributed by atoms with Gasteiger partial charge in [0.2, 0.25) is 0 Å². The highest BCUT2D eigenvalue weighted by molar-refractivity contribution is 7.45. The monoisotopic (exact) mass is 344 g/mol. The second kappa shape index (κ2) is 13.0. The molecule has 1 aliphatic rings. The van der Waals surface area contributed by atoms with E-state index < -0.39 is 7.82 Å². The minimum Gasteiger partial charge on any atom is -0.311 e. The SMILES string of the molecule is CC=C(CCC)OOOOOC1CCCCC1.O=P(O)(O)O. The highest BCUT2D eigenvalue weighted by atomic mass is 31.2. The van der Waals surface area contributed by atoms with Crippen LogP contribution in [0.4, 0.5) is 0 Å². The van der Waals surface area contributed by atoms with Crippen LogP contribution in [0.3, 0.4) is 0 Å². The molecule has 0 unspecified atom stereocenters. The van der Waals surface area contributed by atoms with Crippen LogP contribution in [0.25, 0.3) is 0 Å². The molecule has 132 valence electrons. The number of hydrogen-bond donors (Lipinski definition) is 3. The summed E-state index contributed by atoms with van der Waals surface area (Å²) in [4.78, 5) is 31.4. The molecular formula is C12H25O9P. The van der Waals surface area contributed by atoms with Gasteiger partial charge < -0.3 is 19.6 Å². The molecular weight excluding hydrogens is 319 g/mol. The average Bonchev–Trinajstić information content (AvgIpc) is 2.45. The number of allylic oxidation sites excluding steroid dienone is 2. The lowest BCUT2D eigenvalue weighted by Crippen LogP contribution is -2.17. The van der Waals surface area contributed by atoms with Gasteiger partial charge in [0.25, 0.3) is 0 Å². The molecule has 0 aromatic rings. The van der Waals surface area contributed by atoms with Gasteiger partial charge in [-0.05, 0) is 37.3 Å². The summed E-state index contributed by atoms with van der Waals surface area (Å²) in [6, 6.07) is 0. The third-order valence-corrected chi connectivity index (χ3v) is 2.74. The maximum atomic E-state index is 8.88. The molecule has 0 aliphatic heterocycles. The van der Waals surface area contributed by atoms with Crippen molar-refractivity contribution in [2.24, 2.45) is 0 Å². The molecule has 0 heterocycles. The van der Waals surface area contributed by atoms with E-state index in [0.29, 0.717) is 5.76 Å². The Balaban J connectivity index is 0.000000763. The molecule has 3 N–H and O–H groups in total. The molecule has 1 saturated carbocycles. The zero-order valence-electron chi connectivity index (χ0n) is 12.8. The first kappa shape index (κ1) is 21.5. The lowest BCUT2D eigenvalue weighted by Gasteiger charge is -2.18.